The Bertz CT molecular complexity index is 728. The van der Waals surface area contributed by atoms with Gasteiger partial charge < -0.3 is 5.73 Å². The largest absolute Gasteiger partial charge is 0.397 e. The minimum atomic E-state index is -0.303. The molecule has 106 valence electrons. The summed E-state index contributed by atoms with van der Waals surface area (Å²) in [5.74, 6) is -0.398. The van der Waals surface area contributed by atoms with Crippen molar-refractivity contribution in [2.75, 3.05) is 10.7 Å². The third kappa shape index (κ3) is 2.38. The molecule has 2 aromatic carbocycles. The molecular weight excluding hydrogens is 286 g/mol. The molecule has 0 radical (unpaired) electrons. The average Bonchev–Trinajstić information content (AvgIpc) is 2.77. The number of nitrogen functional groups attached to an aromatic ring is 1. The lowest BCUT2D eigenvalue weighted by atomic mass is 9.99. The number of carbonyl (C=O) groups excluding carboxylic acids is 1. The Morgan fingerprint density at radius 3 is 2.57 bits per heavy atom. The molecule has 5 heteroatoms. The quantitative estimate of drug-likeness (QED) is 0.865. The van der Waals surface area contributed by atoms with Crippen molar-refractivity contribution in [3.63, 3.8) is 0 Å². The van der Waals surface area contributed by atoms with Crippen molar-refractivity contribution < 1.29 is 4.79 Å². The molecule has 0 saturated carbocycles. The van der Waals surface area contributed by atoms with Crippen molar-refractivity contribution in [3.8, 4) is 0 Å². The van der Waals surface area contributed by atoms with Gasteiger partial charge in [0, 0.05) is 5.02 Å². The van der Waals surface area contributed by atoms with E-state index >= 15 is 0 Å². The zero-order valence-corrected chi connectivity index (χ0v) is 12.2. The first-order valence-electron chi connectivity index (χ1n) is 6.61. The van der Waals surface area contributed by atoms with Crippen LogP contribution in [0.1, 0.15) is 12.5 Å². The number of hydrazone groups is 1. The second-order valence-electron chi connectivity index (χ2n) is 4.93. The molecule has 0 fully saturated rings. The molecule has 0 aromatic heterocycles. The van der Waals surface area contributed by atoms with E-state index in [-0.39, 0.29) is 11.8 Å². The van der Waals surface area contributed by atoms with Crippen LogP contribution in [0.15, 0.2) is 53.6 Å². The van der Waals surface area contributed by atoms with Crippen LogP contribution in [0.25, 0.3) is 0 Å². The molecular formula is C16H14ClN3O. The Morgan fingerprint density at radius 2 is 1.90 bits per heavy atom. The van der Waals surface area contributed by atoms with Gasteiger partial charge in [0.15, 0.2) is 0 Å². The predicted octanol–water partition coefficient (Wildman–Crippen LogP) is 3.31. The van der Waals surface area contributed by atoms with Crippen LogP contribution in [-0.4, -0.2) is 11.6 Å². The van der Waals surface area contributed by atoms with Gasteiger partial charge >= 0.3 is 0 Å². The summed E-state index contributed by atoms with van der Waals surface area (Å²) < 4.78 is 0. The van der Waals surface area contributed by atoms with E-state index < -0.39 is 0 Å². The van der Waals surface area contributed by atoms with Crippen LogP contribution >= 0.6 is 11.6 Å². The van der Waals surface area contributed by atoms with E-state index in [1.807, 2.05) is 37.3 Å². The number of nitrogens with two attached hydrogens (primary N) is 1. The maximum absolute atomic E-state index is 12.4. The molecule has 0 bridgehead atoms. The smallest absolute Gasteiger partial charge is 0.256 e. The zero-order chi connectivity index (χ0) is 15.0. The highest BCUT2D eigenvalue weighted by Crippen LogP contribution is 2.32. The minimum Gasteiger partial charge on any atom is -0.397 e. The first-order chi connectivity index (χ1) is 10.1. The summed E-state index contributed by atoms with van der Waals surface area (Å²) in [7, 11) is 0. The summed E-state index contributed by atoms with van der Waals surface area (Å²) in [5.41, 5.74) is 8.62. The highest BCUT2D eigenvalue weighted by atomic mass is 35.5. The van der Waals surface area contributed by atoms with Crippen LogP contribution < -0.4 is 10.7 Å². The number of anilines is 2. The van der Waals surface area contributed by atoms with Crippen LogP contribution in [0.3, 0.4) is 0 Å². The van der Waals surface area contributed by atoms with Crippen molar-refractivity contribution in [2.45, 2.75) is 6.92 Å². The van der Waals surface area contributed by atoms with Gasteiger partial charge in [0.25, 0.3) is 5.91 Å². The van der Waals surface area contributed by atoms with E-state index in [4.69, 9.17) is 17.3 Å². The fraction of sp³-hybridized carbons (Fsp3) is 0.125. The Balaban J connectivity index is 2.04. The Kier molecular flexibility index (Phi) is 3.39. The molecule has 0 spiro atoms. The molecule has 1 atom stereocenters. The number of rotatable bonds is 2. The number of hydrogen-bond acceptors (Lipinski definition) is 3. The second-order valence-corrected chi connectivity index (χ2v) is 5.36. The standard InChI is InChI=1S/C16H14ClN3O/c1-10-15(11-5-3-2-4-6-11)19-20(16(10)21)14-8-7-12(17)9-13(14)18/h2-10H,18H2,1H3. The minimum absolute atomic E-state index is 0.0946. The number of benzene rings is 2. The molecule has 0 aliphatic carbocycles. The van der Waals surface area contributed by atoms with E-state index in [0.29, 0.717) is 16.4 Å². The second kappa shape index (κ2) is 5.22. The van der Waals surface area contributed by atoms with Gasteiger partial charge in [-0.3, -0.25) is 4.79 Å². The number of nitrogens with zero attached hydrogens (tertiary/aromatic N) is 2. The van der Waals surface area contributed by atoms with Crippen molar-refractivity contribution in [2.24, 2.45) is 11.0 Å². The van der Waals surface area contributed by atoms with Gasteiger partial charge in [0.2, 0.25) is 0 Å². The van der Waals surface area contributed by atoms with E-state index in [0.717, 1.165) is 11.3 Å². The van der Waals surface area contributed by atoms with Gasteiger partial charge in [-0.25, -0.2) is 0 Å². The van der Waals surface area contributed by atoms with Gasteiger partial charge in [-0.05, 0) is 30.7 Å². The lowest BCUT2D eigenvalue weighted by Crippen LogP contribution is -2.26. The molecule has 1 aliphatic rings. The van der Waals surface area contributed by atoms with Gasteiger partial charge in [0.1, 0.15) is 0 Å². The molecule has 1 amide bonds. The highest BCUT2D eigenvalue weighted by Gasteiger charge is 2.34. The first-order valence-corrected chi connectivity index (χ1v) is 6.98. The summed E-state index contributed by atoms with van der Waals surface area (Å²) in [6, 6.07) is 14.7. The normalized spacial score (nSPS) is 18.0. The summed E-state index contributed by atoms with van der Waals surface area (Å²) in [6.45, 7) is 1.85. The van der Waals surface area contributed by atoms with Crippen molar-refractivity contribution in [1.82, 2.24) is 0 Å². The molecule has 4 nitrogen and oxygen atoms in total. The number of carbonyl (C=O) groups is 1. The fourth-order valence-electron chi connectivity index (χ4n) is 2.35. The third-order valence-electron chi connectivity index (χ3n) is 3.48. The summed E-state index contributed by atoms with van der Waals surface area (Å²) in [4.78, 5) is 12.4. The lowest BCUT2D eigenvalue weighted by Gasteiger charge is -2.15. The van der Waals surface area contributed by atoms with Crippen LogP contribution in [0.5, 0.6) is 0 Å². The van der Waals surface area contributed by atoms with Crippen LogP contribution in [0, 0.1) is 5.92 Å². The van der Waals surface area contributed by atoms with Gasteiger partial charge in [0.05, 0.1) is 23.0 Å². The number of amides is 1. The van der Waals surface area contributed by atoms with E-state index in [1.165, 1.54) is 5.01 Å². The summed E-state index contributed by atoms with van der Waals surface area (Å²) in [5, 5.41) is 6.35. The van der Waals surface area contributed by atoms with Crippen molar-refractivity contribution in [3.05, 3.63) is 59.1 Å². The Labute approximate surface area is 127 Å². The van der Waals surface area contributed by atoms with Crippen LogP contribution in [0.2, 0.25) is 5.02 Å². The van der Waals surface area contributed by atoms with E-state index in [1.54, 1.807) is 18.2 Å². The Morgan fingerprint density at radius 1 is 1.19 bits per heavy atom. The molecule has 21 heavy (non-hydrogen) atoms. The molecule has 0 saturated heterocycles. The van der Waals surface area contributed by atoms with Crippen molar-refractivity contribution >= 4 is 34.6 Å². The third-order valence-corrected chi connectivity index (χ3v) is 3.72. The Hall–Kier alpha value is -2.33. The molecule has 2 N–H and O–H groups in total. The number of halogens is 1. The maximum Gasteiger partial charge on any atom is 0.256 e. The zero-order valence-electron chi connectivity index (χ0n) is 11.5. The van der Waals surface area contributed by atoms with Gasteiger partial charge in [-0.2, -0.15) is 10.1 Å². The van der Waals surface area contributed by atoms with Gasteiger partial charge in [-0.15, -0.1) is 0 Å². The topological polar surface area (TPSA) is 58.7 Å². The first kappa shape index (κ1) is 13.6. The monoisotopic (exact) mass is 299 g/mol. The highest BCUT2D eigenvalue weighted by molar-refractivity contribution is 6.31. The lowest BCUT2D eigenvalue weighted by molar-refractivity contribution is -0.119. The average molecular weight is 300 g/mol. The molecule has 2 aromatic rings. The molecule has 1 heterocycles. The van der Waals surface area contributed by atoms with E-state index in [9.17, 15) is 4.79 Å². The molecule has 1 unspecified atom stereocenters. The van der Waals surface area contributed by atoms with E-state index in [2.05, 4.69) is 5.10 Å². The summed E-state index contributed by atoms with van der Waals surface area (Å²) in [6.07, 6.45) is 0. The van der Waals surface area contributed by atoms with Crippen LogP contribution in [0.4, 0.5) is 11.4 Å². The number of hydrogen-bond donors (Lipinski definition) is 1. The maximum atomic E-state index is 12.4. The van der Waals surface area contributed by atoms with Crippen molar-refractivity contribution in [1.29, 1.82) is 0 Å². The molecule has 3 rings (SSSR count). The fourth-order valence-corrected chi connectivity index (χ4v) is 2.53. The molecule has 1 aliphatic heterocycles. The van der Waals surface area contributed by atoms with Gasteiger partial charge in [-0.1, -0.05) is 41.9 Å². The summed E-state index contributed by atoms with van der Waals surface area (Å²) >= 11 is 5.89. The van der Waals surface area contributed by atoms with Crippen LogP contribution in [-0.2, 0) is 4.79 Å². The predicted molar refractivity (Wildman–Crippen MR) is 85.5 cm³/mol. The SMILES string of the molecule is CC1C(=O)N(c2ccc(Cl)cc2N)N=C1c1ccccc1.